The lowest BCUT2D eigenvalue weighted by Crippen LogP contribution is -2.43. The highest BCUT2D eigenvalue weighted by Gasteiger charge is 2.21. The van der Waals surface area contributed by atoms with Crippen LogP contribution in [0.15, 0.2) is 30.3 Å². The van der Waals surface area contributed by atoms with Gasteiger partial charge in [0.25, 0.3) is 0 Å². The number of thioether (sulfide) groups is 1. The normalized spacial score (nSPS) is 11.7. The molecule has 0 saturated heterocycles. The zero-order valence-electron chi connectivity index (χ0n) is 11.6. The molecule has 20 heavy (non-hydrogen) atoms. The van der Waals surface area contributed by atoms with Gasteiger partial charge in [0, 0.05) is 7.11 Å². The Morgan fingerprint density at radius 3 is 2.60 bits per heavy atom. The maximum absolute atomic E-state index is 11.8. The van der Waals surface area contributed by atoms with Crippen LogP contribution in [0.25, 0.3) is 0 Å². The summed E-state index contributed by atoms with van der Waals surface area (Å²) in [7, 11) is 1.48. The quantitative estimate of drug-likeness (QED) is 0.836. The van der Waals surface area contributed by atoms with Gasteiger partial charge in [-0.3, -0.25) is 4.79 Å². The lowest BCUT2D eigenvalue weighted by molar-refractivity contribution is -0.113. The minimum absolute atomic E-state index is 0.131. The molecule has 0 aliphatic rings. The first kappa shape index (κ1) is 16.5. The average Bonchev–Trinajstić information content (AvgIpc) is 2.46. The van der Waals surface area contributed by atoms with Crippen LogP contribution in [0.4, 0.5) is 4.79 Å². The van der Waals surface area contributed by atoms with E-state index in [4.69, 9.17) is 9.47 Å². The van der Waals surface area contributed by atoms with E-state index in [1.54, 1.807) is 0 Å². The van der Waals surface area contributed by atoms with E-state index < -0.39 is 12.1 Å². The minimum atomic E-state index is -0.687. The van der Waals surface area contributed by atoms with Crippen molar-refractivity contribution in [3.05, 3.63) is 35.9 Å². The maximum atomic E-state index is 11.8. The molecule has 0 heterocycles. The van der Waals surface area contributed by atoms with Gasteiger partial charge in [0.15, 0.2) is 0 Å². The number of amides is 1. The number of hydrogen-bond donors (Lipinski definition) is 1. The van der Waals surface area contributed by atoms with Crippen LogP contribution in [0.5, 0.6) is 0 Å². The Hall–Kier alpha value is -1.53. The molecule has 0 radical (unpaired) electrons. The highest BCUT2D eigenvalue weighted by atomic mass is 32.2. The molecule has 1 N–H and O–H groups in total. The highest BCUT2D eigenvalue weighted by molar-refractivity contribution is 8.13. The fraction of sp³-hybridized carbons (Fsp3) is 0.429. The van der Waals surface area contributed by atoms with Crippen LogP contribution in [-0.2, 0) is 20.9 Å². The molecule has 1 aromatic rings. The van der Waals surface area contributed by atoms with Gasteiger partial charge in [-0.25, -0.2) is 4.79 Å². The third-order valence-electron chi connectivity index (χ3n) is 2.41. The summed E-state index contributed by atoms with van der Waals surface area (Å²) < 4.78 is 10.00. The zero-order chi connectivity index (χ0) is 14.8. The molecule has 0 unspecified atom stereocenters. The van der Waals surface area contributed by atoms with Crippen LogP contribution in [-0.4, -0.2) is 36.7 Å². The van der Waals surface area contributed by atoms with Crippen molar-refractivity contribution >= 4 is 23.0 Å². The summed E-state index contributed by atoms with van der Waals surface area (Å²) in [6.07, 6.45) is -0.624. The fourth-order valence-electron chi connectivity index (χ4n) is 1.49. The first-order valence-corrected chi connectivity index (χ1v) is 7.28. The second-order valence-corrected chi connectivity index (χ2v) is 5.23. The number of alkyl carbamates (subject to hydrolysis) is 1. The third-order valence-corrected chi connectivity index (χ3v) is 3.27. The summed E-state index contributed by atoms with van der Waals surface area (Å²) in [5.74, 6) is 0.653. The average molecular weight is 297 g/mol. The van der Waals surface area contributed by atoms with E-state index in [2.05, 4.69) is 5.32 Å². The van der Waals surface area contributed by atoms with Gasteiger partial charge in [0.05, 0.1) is 6.61 Å². The van der Waals surface area contributed by atoms with Gasteiger partial charge in [-0.15, -0.1) is 0 Å². The Kier molecular flexibility index (Phi) is 7.75. The van der Waals surface area contributed by atoms with Gasteiger partial charge in [0.2, 0.25) is 5.12 Å². The van der Waals surface area contributed by atoms with Gasteiger partial charge < -0.3 is 14.8 Å². The minimum Gasteiger partial charge on any atom is -0.445 e. The van der Waals surface area contributed by atoms with Crippen molar-refractivity contribution in [1.82, 2.24) is 5.32 Å². The summed E-state index contributed by atoms with van der Waals surface area (Å²) in [5, 5.41) is 2.38. The number of hydrogen-bond acceptors (Lipinski definition) is 5. The van der Waals surface area contributed by atoms with Gasteiger partial charge >= 0.3 is 6.09 Å². The number of carbonyl (C=O) groups is 2. The van der Waals surface area contributed by atoms with E-state index in [9.17, 15) is 9.59 Å². The van der Waals surface area contributed by atoms with Crippen LogP contribution < -0.4 is 5.32 Å². The van der Waals surface area contributed by atoms with E-state index in [0.29, 0.717) is 5.75 Å². The SMILES string of the molecule is CCSC(=O)[C@H](COC)NC(=O)OCc1ccccc1. The van der Waals surface area contributed by atoms with Crippen LogP contribution in [0, 0.1) is 0 Å². The molecule has 0 fully saturated rings. The predicted molar refractivity (Wildman–Crippen MR) is 78.6 cm³/mol. The van der Waals surface area contributed by atoms with Crippen LogP contribution >= 0.6 is 11.8 Å². The molecule has 5 nitrogen and oxygen atoms in total. The third kappa shape index (κ3) is 6.08. The second-order valence-electron chi connectivity index (χ2n) is 3.97. The Morgan fingerprint density at radius 1 is 1.30 bits per heavy atom. The number of methoxy groups -OCH3 is 1. The summed E-state index contributed by atoms with van der Waals surface area (Å²) >= 11 is 1.15. The molecule has 0 saturated carbocycles. The Balaban J connectivity index is 2.43. The summed E-state index contributed by atoms with van der Waals surface area (Å²) in [6, 6.07) is 8.65. The molecule has 0 spiro atoms. The van der Waals surface area contributed by atoms with E-state index in [1.165, 1.54) is 7.11 Å². The van der Waals surface area contributed by atoms with E-state index in [-0.39, 0.29) is 18.3 Å². The molecule has 0 aliphatic carbocycles. The van der Waals surface area contributed by atoms with Gasteiger partial charge in [-0.2, -0.15) is 0 Å². The lowest BCUT2D eigenvalue weighted by Gasteiger charge is -2.16. The van der Waals surface area contributed by atoms with Crippen molar-refractivity contribution in [2.45, 2.75) is 19.6 Å². The number of ether oxygens (including phenoxy) is 2. The number of nitrogens with one attached hydrogen (secondary N) is 1. The van der Waals surface area contributed by atoms with Gasteiger partial charge in [-0.1, -0.05) is 49.0 Å². The summed E-state index contributed by atoms with van der Waals surface area (Å²) in [5.41, 5.74) is 0.889. The molecular weight excluding hydrogens is 278 g/mol. The largest absolute Gasteiger partial charge is 0.445 e. The standard InChI is InChI=1S/C14H19NO4S/c1-3-20-13(16)12(10-18-2)15-14(17)19-9-11-7-5-4-6-8-11/h4-8,12H,3,9-10H2,1-2H3,(H,15,17)/t12-/m0/s1. The fourth-order valence-corrected chi connectivity index (χ4v) is 2.10. The van der Waals surface area contributed by atoms with Crippen molar-refractivity contribution in [2.75, 3.05) is 19.5 Å². The predicted octanol–water partition coefficient (Wildman–Crippen LogP) is 2.21. The highest BCUT2D eigenvalue weighted by Crippen LogP contribution is 2.06. The van der Waals surface area contributed by atoms with Gasteiger partial charge in [0.1, 0.15) is 12.6 Å². The molecule has 1 rings (SSSR count). The van der Waals surface area contributed by atoms with Crippen molar-refractivity contribution in [2.24, 2.45) is 0 Å². The van der Waals surface area contributed by atoms with Crippen molar-refractivity contribution in [1.29, 1.82) is 0 Å². The lowest BCUT2D eigenvalue weighted by atomic mass is 10.2. The monoisotopic (exact) mass is 297 g/mol. The van der Waals surface area contributed by atoms with E-state index in [0.717, 1.165) is 17.3 Å². The molecule has 1 aromatic carbocycles. The number of benzene rings is 1. The van der Waals surface area contributed by atoms with Crippen LogP contribution in [0.1, 0.15) is 12.5 Å². The Labute approximate surface area is 123 Å². The molecule has 0 aromatic heterocycles. The Bertz CT molecular complexity index is 424. The van der Waals surface area contributed by atoms with E-state index >= 15 is 0 Å². The van der Waals surface area contributed by atoms with Crippen LogP contribution in [0.2, 0.25) is 0 Å². The first-order chi connectivity index (χ1) is 9.67. The van der Waals surface area contributed by atoms with Crippen molar-refractivity contribution in [3.63, 3.8) is 0 Å². The molecule has 6 heteroatoms. The number of carbonyl (C=O) groups excluding carboxylic acids is 2. The molecule has 1 atom stereocenters. The smallest absolute Gasteiger partial charge is 0.408 e. The first-order valence-electron chi connectivity index (χ1n) is 6.30. The zero-order valence-corrected chi connectivity index (χ0v) is 12.4. The molecule has 110 valence electrons. The Morgan fingerprint density at radius 2 is 2.00 bits per heavy atom. The summed E-state index contributed by atoms with van der Waals surface area (Å²) in [4.78, 5) is 23.4. The molecule has 0 aliphatic heterocycles. The molecular formula is C14H19NO4S. The van der Waals surface area contributed by atoms with Crippen LogP contribution in [0.3, 0.4) is 0 Å². The molecule has 1 amide bonds. The van der Waals surface area contributed by atoms with E-state index in [1.807, 2.05) is 37.3 Å². The second kappa shape index (κ2) is 9.39. The van der Waals surface area contributed by atoms with Crippen molar-refractivity contribution < 1.29 is 19.1 Å². The van der Waals surface area contributed by atoms with Gasteiger partial charge in [-0.05, 0) is 11.3 Å². The summed E-state index contributed by atoms with van der Waals surface area (Å²) in [6.45, 7) is 2.17. The van der Waals surface area contributed by atoms with Crippen molar-refractivity contribution in [3.8, 4) is 0 Å². The number of rotatable bonds is 7. The maximum Gasteiger partial charge on any atom is 0.408 e. The molecule has 0 bridgehead atoms. The topological polar surface area (TPSA) is 64.6 Å².